The molecule has 2 amide bonds. The fourth-order valence-electron chi connectivity index (χ4n) is 2.61. The van der Waals surface area contributed by atoms with Crippen LogP contribution in [0.4, 0.5) is 18.9 Å². The van der Waals surface area contributed by atoms with Crippen LogP contribution in [0.25, 0.3) is 0 Å². The molecule has 0 radical (unpaired) electrons. The second-order valence-corrected chi connectivity index (χ2v) is 6.77. The summed E-state index contributed by atoms with van der Waals surface area (Å²) in [5.74, 6) is -1.93. The second kappa shape index (κ2) is 8.30. The van der Waals surface area contributed by atoms with Gasteiger partial charge >= 0.3 is 18.0 Å². The van der Waals surface area contributed by atoms with Crippen molar-refractivity contribution in [3.05, 3.63) is 76.4 Å². The fraction of sp³-hybridized carbons (Fsp3) is 0.158. The average molecular weight is 408 g/mol. The first kappa shape index (κ1) is 19.7. The third-order valence-electron chi connectivity index (χ3n) is 3.93. The Morgan fingerprint density at radius 1 is 1.04 bits per heavy atom. The number of amides is 2. The molecule has 3 aromatic rings. The molecule has 2 aromatic heterocycles. The van der Waals surface area contributed by atoms with Crippen molar-refractivity contribution in [3.63, 3.8) is 0 Å². The Labute approximate surface area is 162 Å². The molecule has 1 atom stereocenters. The van der Waals surface area contributed by atoms with Crippen LogP contribution in [0.5, 0.6) is 0 Å². The summed E-state index contributed by atoms with van der Waals surface area (Å²) in [7, 11) is 0. The maximum absolute atomic E-state index is 13.0. The van der Waals surface area contributed by atoms with E-state index in [0.29, 0.717) is 5.76 Å². The van der Waals surface area contributed by atoms with Gasteiger partial charge in [0.25, 0.3) is 0 Å². The number of anilines is 1. The summed E-state index contributed by atoms with van der Waals surface area (Å²) in [4.78, 5) is 25.1. The van der Waals surface area contributed by atoms with E-state index < -0.39 is 29.2 Å². The number of carbonyl (C=O) groups is 2. The first-order valence-corrected chi connectivity index (χ1v) is 9.06. The second-order valence-electron chi connectivity index (χ2n) is 5.79. The van der Waals surface area contributed by atoms with Crippen molar-refractivity contribution in [1.82, 2.24) is 5.32 Å². The summed E-state index contributed by atoms with van der Waals surface area (Å²) in [6.07, 6.45) is -3.15. The minimum atomic E-state index is -4.65. The van der Waals surface area contributed by atoms with Crippen LogP contribution in [0.2, 0.25) is 0 Å². The normalized spacial score (nSPS) is 12.4. The Hall–Kier alpha value is -3.07. The molecule has 0 spiro atoms. The van der Waals surface area contributed by atoms with Crippen molar-refractivity contribution >= 4 is 28.8 Å². The van der Waals surface area contributed by atoms with E-state index in [1.165, 1.54) is 29.7 Å². The lowest BCUT2D eigenvalue weighted by molar-refractivity contribution is -0.138. The van der Waals surface area contributed by atoms with Gasteiger partial charge in [0.05, 0.1) is 23.4 Å². The minimum absolute atomic E-state index is 0.0567. The molecule has 146 valence electrons. The molecule has 0 saturated heterocycles. The van der Waals surface area contributed by atoms with Gasteiger partial charge < -0.3 is 15.1 Å². The zero-order chi connectivity index (χ0) is 20.1. The van der Waals surface area contributed by atoms with Crippen LogP contribution >= 0.6 is 11.3 Å². The molecule has 5 nitrogen and oxygen atoms in total. The molecule has 0 saturated carbocycles. The SMILES string of the molecule is O=C(NC[C@@H](c1ccco1)c1cccs1)C(=O)Nc1ccccc1C(F)(F)F. The lowest BCUT2D eigenvalue weighted by atomic mass is 10.0. The van der Waals surface area contributed by atoms with E-state index in [2.05, 4.69) is 5.32 Å². The number of halogens is 3. The maximum atomic E-state index is 13.0. The molecule has 1 aromatic carbocycles. The summed E-state index contributed by atoms with van der Waals surface area (Å²) in [5, 5.41) is 6.34. The van der Waals surface area contributed by atoms with Crippen LogP contribution in [-0.4, -0.2) is 18.4 Å². The molecular formula is C19H15F3N2O3S. The molecule has 28 heavy (non-hydrogen) atoms. The van der Waals surface area contributed by atoms with E-state index in [-0.39, 0.29) is 12.5 Å². The number of alkyl halides is 3. The molecule has 0 aliphatic heterocycles. The van der Waals surface area contributed by atoms with Gasteiger partial charge in [0.1, 0.15) is 5.76 Å². The first-order chi connectivity index (χ1) is 13.4. The van der Waals surface area contributed by atoms with Crippen molar-refractivity contribution in [2.45, 2.75) is 12.1 Å². The van der Waals surface area contributed by atoms with Gasteiger partial charge in [0.15, 0.2) is 0 Å². The first-order valence-electron chi connectivity index (χ1n) is 8.18. The van der Waals surface area contributed by atoms with Gasteiger partial charge in [-0.3, -0.25) is 9.59 Å². The predicted octanol–water partition coefficient (Wildman–Crippen LogP) is 4.25. The van der Waals surface area contributed by atoms with E-state index in [1.807, 2.05) is 22.8 Å². The molecule has 9 heteroatoms. The highest BCUT2D eigenvalue weighted by molar-refractivity contribution is 7.10. The van der Waals surface area contributed by atoms with E-state index in [1.54, 1.807) is 12.1 Å². The number of thiophene rings is 1. The van der Waals surface area contributed by atoms with Gasteiger partial charge in [-0.1, -0.05) is 18.2 Å². The number of benzene rings is 1. The highest BCUT2D eigenvalue weighted by Gasteiger charge is 2.34. The highest BCUT2D eigenvalue weighted by atomic mass is 32.1. The largest absolute Gasteiger partial charge is 0.469 e. The van der Waals surface area contributed by atoms with Crippen molar-refractivity contribution < 1.29 is 27.2 Å². The summed E-state index contributed by atoms with van der Waals surface area (Å²) >= 11 is 1.46. The minimum Gasteiger partial charge on any atom is -0.469 e. The van der Waals surface area contributed by atoms with Gasteiger partial charge in [0, 0.05) is 11.4 Å². The fourth-order valence-corrected chi connectivity index (χ4v) is 3.45. The molecule has 0 unspecified atom stereocenters. The van der Waals surface area contributed by atoms with E-state index >= 15 is 0 Å². The van der Waals surface area contributed by atoms with Gasteiger partial charge in [0.2, 0.25) is 0 Å². The third kappa shape index (κ3) is 4.61. The van der Waals surface area contributed by atoms with E-state index in [4.69, 9.17) is 4.42 Å². The topological polar surface area (TPSA) is 71.3 Å². The van der Waals surface area contributed by atoms with Crippen molar-refractivity contribution in [3.8, 4) is 0 Å². The number of para-hydroxylation sites is 1. The number of hydrogen-bond donors (Lipinski definition) is 2. The highest BCUT2D eigenvalue weighted by Crippen LogP contribution is 2.34. The Bertz CT molecular complexity index is 904. The molecule has 2 N–H and O–H groups in total. The quantitative estimate of drug-likeness (QED) is 0.620. The zero-order valence-electron chi connectivity index (χ0n) is 14.3. The van der Waals surface area contributed by atoms with Crippen LogP contribution in [-0.2, 0) is 15.8 Å². The van der Waals surface area contributed by atoms with E-state index in [0.717, 1.165) is 17.0 Å². The molecule has 3 rings (SSSR count). The van der Waals surface area contributed by atoms with Crippen molar-refractivity contribution in [2.24, 2.45) is 0 Å². The number of hydrogen-bond acceptors (Lipinski definition) is 4. The Balaban J connectivity index is 1.67. The van der Waals surface area contributed by atoms with Crippen molar-refractivity contribution in [2.75, 3.05) is 11.9 Å². The zero-order valence-corrected chi connectivity index (χ0v) is 15.1. The number of rotatable bonds is 5. The van der Waals surface area contributed by atoms with Crippen LogP contribution in [0, 0.1) is 0 Å². The molecule has 0 bridgehead atoms. The van der Waals surface area contributed by atoms with Crippen LogP contribution in [0.1, 0.15) is 22.1 Å². The average Bonchev–Trinajstić information content (AvgIpc) is 3.36. The number of furan rings is 1. The van der Waals surface area contributed by atoms with E-state index in [9.17, 15) is 22.8 Å². The summed E-state index contributed by atoms with van der Waals surface area (Å²) < 4.78 is 44.4. The Kier molecular flexibility index (Phi) is 5.84. The standard InChI is InChI=1S/C19H15F3N2O3S/c20-19(21,22)13-5-1-2-6-14(13)24-18(26)17(25)23-11-12(15-7-3-9-27-15)16-8-4-10-28-16/h1-10,12H,11H2,(H,23,25)(H,24,26)/t12-/m0/s1. The Morgan fingerprint density at radius 3 is 2.46 bits per heavy atom. The molecule has 0 aliphatic carbocycles. The van der Waals surface area contributed by atoms with Crippen LogP contribution in [0.3, 0.4) is 0 Å². The monoisotopic (exact) mass is 408 g/mol. The molecular weight excluding hydrogens is 393 g/mol. The summed E-state index contributed by atoms with van der Waals surface area (Å²) in [6.45, 7) is 0.0567. The lowest BCUT2D eigenvalue weighted by Gasteiger charge is -2.15. The van der Waals surface area contributed by atoms with Gasteiger partial charge in [-0.15, -0.1) is 11.3 Å². The van der Waals surface area contributed by atoms with Gasteiger partial charge in [-0.05, 0) is 35.7 Å². The number of carbonyl (C=O) groups excluding carboxylic acids is 2. The third-order valence-corrected chi connectivity index (χ3v) is 4.91. The molecule has 0 aliphatic rings. The smallest absolute Gasteiger partial charge is 0.418 e. The number of nitrogens with one attached hydrogen (secondary N) is 2. The predicted molar refractivity (Wildman–Crippen MR) is 98.0 cm³/mol. The lowest BCUT2D eigenvalue weighted by Crippen LogP contribution is -2.38. The summed E-state index contributed by atoms with van der Waals surface area (Å²) in [6, 6.07) is 11.6. The van der Waals surface area contributed by atoms with Crippen LogP contribution < -0.4 is 10.6 Å². The summed E-state index contributed by atoms with van der Waals surface area (Å²) in [5.41, 5.74) is -1.50. The maximum Gasteiger partial charge on any atom is 0.418 e. The van der Waals surface area contributed by atoms with Crippen LogP contribution in [0.15, 0.2) is 64.6 Å². The Morgan fingerprint density at radius 2 is 1.82 bits per heavy atom. The van der Waals surface area contributed by atoms with Crippen molar-refractivity contribution in [1.29, 1.82) is 0 Å². The molecule has 0 fully saturated rings. The van der Waals surface area contributed by atoms with Gasteiger partial charge in [-0.2, -0.15) is 13.2 Å². The molecule has 2 heterocycles. The van der Waals surface area contributed by atoms with Gasteiger partial charge in [-0.25, -0.2) is 0 Å².